The third-order valence-electron chi connectivity index (χ3n) is 7.31. The smallest absolute Gasteiger partial charge is 0.308 e. The van der Waals surface area contributed by atoms with E-state index in [1.165, 1.54) is 13.8 Å². The van der Waals surface area contributed by atoms with Crippen molar-refractivity contribution in [3.63, 3.8) is 0 Å². The first-order valence-electron chi connectivity index (χ1n) is 14.2. The molecular formula is C34H42O8. The van der Waals surface area contributed by atoms with E-state index in [1.54, 1.807) is 13.8 Å². The van der Waals surface area contributed by atoms with Gasteiger partial charge in [-0.15, -0.1) is 0 Å². The second kappa shape index (κ2) is 14.3. The first-order valence-corrected chi connectivity index (χ1v) is 14.2. The highest BCUT2D eigenvalue weighted by Crippen LogP contribution is 2.41. The van der Waals surface area contributed by atoms with E-state index in [-0.39, 0.29) is 45.0 Å². The van der Waals surface area contributed by atoms with Crippen molar-refractivity contribution in [2.45, 2.75) is 94.9 Å². The van der Waals surface area contributed by atoms with Gasteiger partial charge >= 0.3 is 11.9 Å². The molecule has 8 heteroatoms. The molecule has 0 unspecified atom stereocenters. The largest absolute Gasteiger partial charge is 0.422 e. The van der Waals surface area contributed by atoms with E-state index in [0.717, 1.165) is 25.0 Å². The summed E-state index contributed by atoms with van der Waals surface area (Å²) in [6, 6.07) is 0. The van der Waals surface area contributed by atoms with Gasteiger partial charge in [-0.1, -0.05) is 37.1 Å². The lowest BCUT2D eigenvalue weighted by Crippen LogP contribution is -2.35. The normalized spacial score (nSPS) is 17.5. The van der Waals surface area contributed by atoms with Crippen molar-refractivity contribution in [1.29, 1.82) is 0 Å². The van der Waals surface area contributed by atoms with E-state index >= 15 is 0 Å². The summed E-state index contributed by atoms with van der Waals surface area (Å²) in [5.74, 6) is -5.88. The zero-order valence-corrected chi connectivity index (χ0v) is 26.4. The van der Waals surface area contributed by atoms with Crippen molar-refractivity contribution in [3.05, 3.63) is 68.3 Å². The zero-order valence-electron chi connectivity index (χ0n) is 26.4. The monoisotopic (exact) mass is 578 g/mol. The van der Waals surface area contributed by atoms with Gasteiger partial charge in [0.25, 0.3) is 0 Å². The summed E-state index contributed by atoms with van der Waals surface area (Å²) in [5, 5.41) is 0. The van der Waals surface area contributed by atoms with Gasteiger partial charge in [0.1, 0.15) is 0 Å². The van der Waals surface area contributed by atoms with E-state index in [9.17, 15) is 28.8 Å². The van der Waals surface area contributed by atoms with Crippen LogP contribution in [0.4, 0.5) is 0 Å². The summed E-state index contributed by atoms with van der Waals surface area (Å²) in [4.78, 5) is 79.5. The Balaban J connectivity index is 2.74. The Kier molecular flexibility index (Phi) is 11.7. The molecular weight excluding hydrogens is 536 g/mol. The fourth-order valence-electron chi connectivity index (χ4n) is 5.15. The predicted octanol–water partition coefficient (Wildman–Crippen LogP) is 6.32. The summed E-state index contributed by atoms with van der Waals surface area (Å²) < 4.78 is 10.6. The van der Waals surface area contributed by atoms with Gasteiger partial charge in [0.2, 0.25) is 11.6 Å². The van der Waals surface area contributed by atoms with E-state index in [2.05, 4.69) is 0 Å². The average molecular weight is 579 g/mol. The minimum atomic E-state index is -0.753. The molecule has 42 heavy (non-hydrogen) atoms. The Morgan fingerprint density at radius 3 is 1.17 bits per heavy atom. The molecule has 2 aliphatic rings. The molecule has 226 valence electrons. The fraction of sp³-hybridized carbons (Fsp3) is 0.471. The highest BCUT2D eigenvalue weighted by Gasteiger charge is 2.44. The number of Topliss-reactive ketones (excluding diaryl/α,β-unsaturated/α-hetero) is 4. The summed E-state index contributed by atoms with van der Waals surface area (Å²) in [7, 11) is 0. The van der Waals surface area contributed by atoms with Crippen molar-refractivity contribution in [1.82, 2.24) is 0 Å². The van der Waals surface area contributed by atoms with Crippen LogP contribution in [-0.4, -0.2) is 35.1 Å². The van der Waals surface area contributed by atoms with Crippen LogP contribution in [0.15, 0.2) is 68.3 Å². The van der Waals surface area contributed by atoms with Crippen LogP contribution < -0.4 is 0 Å². The number of hydrogen-bond acceptors (Lipinski definition) is 8. The number of carbonyl (C=O) groups is 6. The van der Waals surface area contributed by atoms with Gasteiger partial charge in [-0.3, -0.25) is 28.8 Å². The lowest BCUT2D eigenvalue weighted by molar-refractivity contribution is -0.140. The van der Waals surface area contributed by atoms with Gasteiger partial charge in [-0.05, 0) is 79.1 Å². The molecule has 0 aromatic carbocycles. The Morgan fingerprint density at radius 1 is 0.595 bits per heavy atom. The van der Waals surface area contributed by atoms with Gasteiger partial charge < -0.3 is 9.47 Å². The van der Waals surface area contributed by atoms with E-state index in [0.29, 0.717) is 25.7 Å². The molecule has 0 spiro atoms. The van der Waals surface area contributed by atoms with Crippen molar-refractivity contribution in [3.8, 4) is 0 Å². The molecule has 0 saturated carbocycles. The zero-order chi connectivity index (χ0) is 32.0. The maximum atomic E-state index is 14.2. The molecule has 0 amide bonds. The average Bonchev–Trinajstić information content (AvgIpc) is 2.86. The number of ketones is 4. The molecule has 0 N–H and O–H groups in total. The maximum absolute atomic E-state index is 14.2. The van der Waals surface area contributed by atoms with Gasteiger partial charge in [-0.25, -0.2) is 0 Å². The SMILES string of the molecule is CC(=O)OC1=C([C@H](C)CCC=C(C)C)C(=O)C(C2=C(C)C(=O)C(OC(C)=O)=C([C@H](C)CCC=C(C)C)C2=O)=C(C)C1=O. The molecule has 0 saturated heterocycles. The Morgan fingerprint density at radius 2 is 0.905 bits per heavy atom. The standard InChI is InChI=1S/C34H42O8/c1-17(2)13-11-15-19(5)25-31(39)27(21(7)29(37)33(25)41-23(9)35)28-22(8)30(38)34(42-24(10)36)26(32(28)40)20(6)16-12-14-18(3)4/h13-14,19-20H,11-12,15-16H2,1-10H3/t19-,20-/m1/s1. The topological polar surface area (TPSA) is 121 Å². The fourth-order valence-corrected chi connectivity index (χ4v) is 5.15. The number of esters is 2. The third kappa shape index (κ3) is 7.66. The minimum absolute atomic E-state index is 0.00794. The Hall–Kier alpha value is -3.94. The maximum Gasteiger partial charge on any atom is 0.308 e. The van der Waals surface area contributed by atoms with Crippen molar-refractivity contribution in [2.24, 2.45) is 11.8 Å². The molecule has 8 nitrogen and oxygen atoms in total. The van der Waals surface area contributed by atoms with Crippen molar-refractivity contribution < 1.29 is 38.2 Å². The van der Waals surface area contributed by atoms with Gasteiger partial charge in [0.05, 0.1) is 0 Å². The summed E-state index contributed by atoms with van der Waals surface area (Å²) in [5.41, 5.74) is 1.59. The molecule has 0 bridgehead atoms. The number of rotatable bonds is 11. The minimum Gasteiger partial charge on any atom is -0.422 e. The van der Waals surface area contributed by atoms with E-state index in [4.69, 9.17) is 9.47 Å². The number of hydrogen-bond donors (Lipinski definition) is 0. The summed E-state index contributed by atoms with van der Waals surface area (Å²) in [6.45, 7) is 16.4. The van der Waals surface area contributed by atoms with Crippen LogP contribution in [0.3, 0.4) is 0 Å². The molecule has 2 atom stereocenters. The van der Waals surface area contributed by atoms with Crippen LogP contribution in [0.2, 0.25) is 0 Å². The molecule has 2 rings (SSSR count). The van der Waals surface area contributed by atoms with Gasteiger partial charge in [-0.2, -0.15) is 0 Å². The molecule has 0 heterocycles. The van der Waals surface area contributed by atoms with Gasteiger partial charge in [0.15, 0.2) is 23.1 Å². The van der Waals surface area contributed by atoms with Crippen LogP contribution in [0, 0.1) is 11.8 Å². The molecule has 2 aliphatic carbocycles. The molecule has 0 aliphatic heterocycles. The van der Waals surface area contributed by atoms with Crippen LogP contribution in [-0.2, 0) is 38.2 Å². The van der Waals surface area contributed by atoms with E-state index < -0.39 is 46.9 Å². The van der Waals surface area contributed by atoms with Crippen LogP contribution in [0.25, 0.3) is 0 Å². The lowest BCUT2D eigenvalue weighted by Gasteiger charge is -2.30. The number of ether oxygens (including phenoxy) is 2. The third-order valence-corrected chi connectivity index (χ3v) is 7.31. The van der Waals surface area contributed by atoms with Crippen LogP contribution in [0.1, 0.15) is 94.9 Å². The van der Waals surface area contributed by atoms with Crippen LogP contribution in [0.5, 0.6) is 0 Å². The summed E-state index contributed by atoms with van der Waals surface area (Å²) in [6.07, 6.45) is 6.18. The van der Waals surface area contributed by atoms with Crippen molar-refractivity contribution >= 4 is 35.1 Å². The first kappa shape index (κ1) is 34.3. The second-order valence-corrected chi connectivity index (χ2v) is 11.5. The second-order valence-electron chi connectivity index (χ2n) is 11.5. The van der Waals surface area contributed by atoms with E-state index in [1.807, 2.05) is 39.8 Å². The molecule has 0 fully saturated rings. The van der Waals surface area contributed by atoms with Crippen molar-refractivity contribution in [2.75, 3.05) is 0 Å². The molecule has 0 aromatic rings. The first-order chi connectivity index (χ1) is 19.5. The molecule has 0 radical (unpaired) electrons. The highest BCUT2D eigenvalue weighted by molar-refractivity contribution is 6.35. The predicted molar refractivity (Wildman–Crippen MR) is 159 cm³/mol. The quantitative estimate of drug-likeness (QED) is 0.159. The number of carbonyl (C=O) groups excluding carboxylic acids is 6. The van der Waals surface area contributed by atoms with Crippen LogP contribution >= 0.6 is 0 Å². The molecule has 0 aromatic heterocycles. The summed E-state index contributed by atoms with van der Waals surface area (Å²) >= 11 is 0. The highest BCUT2D eigenvalue weighted by atomic mass is 16.5. The Labute approximate surface area is 248 Å². The number of allylic oxidation sites excluding steroid dienone is 10. The lowest BCUT2D eigenvalue weighted by atomic mass is 9.73. The van der Waals surface area contributed by atoms with Gasteiger partial charge in [0, 0.05) is 47.3 Å². The Bertz CT molecular complexity index is 1300.